The van der Waals surface area contributed by atoms with Crippen molar-refractivity contribution in [3.8, 4) is 11.1 Å². The molecule has 0 radical (unpaired) electrons. The molecule has 9 nitrogen and oxygen atoms in total. The maximum Gasteiger partial charge on any atom is 0.418 e. The average molecular weight is 484 g/mol. The van der Waals surface area contributed by atoms with Gasteiger partial charge in [-0.05, 0) is 62.0 Å². The third kappa shape index (κ3) is 6.24. The lowest BCUT2D eigenvalue weighted by Crippen LogP contribution is -2.30. The van der Waals surface area contributed by atoms with Gasteiger partial charge in [-0.3, -0.25) is 0 Å². The molecule has 1 aromatic heterocycles. The Morgan fingerprint density at radius 2 is 1.88 bits per heavy atom. The summed E-state index contributed by atoms with van der Waals surface area (Å²) >= 11 is 0. The highest BCUT2D eigenvalue weighted by molar-refractivity contribution is 7.99. The second-order valence-corrected chi connectivity index (χ2v) is 9.67. The molecule has 0 spiro atoms. The summed E-state index contributed by atoms with van der Waals surface area (Å²) in [5, 5.41) is 15.9. The number of carbonyl (C=O) groups excluding carboxylic acids is 1. The van der Waals surface area contributed by atoms with Crippen LogP contribution in [-0.4, -0.2) is 50.5 Å². The predicted molar refractivity (Wildman–Crippen MR) is 136 cm³/mol. The summed E-state index contributed by atoms with van der Waals surface area (Å²) < 4.78 is 19.8. The normalized spacial score (nSPS) is 13.4. The molecule has 0 fully saturated rings. The first-order chi connectivity index (χ1) is 16.2. The smallest absolute Gasteiger partial charge is 0.418 e. The molecular weight excluding hydrogens is 454 g/mol. The second-order valence-electron chi connectivity index (χ2n) is 7.65. The SMILES string of the molecule is C=S(=O)(NC(=O)OCC)c1ccc(Nc2ncc(-c3ccccc3C)c(N[C@H](C)CO)n2)cc1. The number of amides is 1. The molecule has 0 aliphatic rings. The van der Waals surface area contributed by atoms with Crippen molar-refractivity contribution in [2.75, 3.05) is 23.8 Å². The van der Waals surface area contributed by atoms with E-state index < -0.39 is 15.8 Å². The van der Waals surface area contributed by atoms with Crippen LogP contribution < -0.4 is 15.4 Å². The van der Waals surface area contributed by atoms with Crippen molar-refractivity contribution >= 4 is 39.1 Å². The van der Waals surface area contributed by atoms with Gasteiger partial charge in [0, 0.05) is 28.4 Å². The highest BCUT2D eigenvalue weighted by Gasteiger charge is 2.15. The lowest BCUT2D eigenvalue weighted by atomic mass is 10.0. The lowest BCUT2D eigenvalue weighted by Gasteiger charge is -2.17. The van der Waals surface area contributed by atoms with Gasteiger partial charge in [0.1, 0.15) is 5.82 Å². The van der Waals surface area contributed by atoms with Gasteiger partial charge in [0.25, 0.3) is 0 Å². The average Bonchev–Trinajstić information content (AvgIpc) is 2.80. The Kier molecular flexibility index (Phi) is 8.08. The third-order valence-electron chi connectivity index (χ3n) is 4.90. The van der Waals surface area contributed by atoms with Gasteiger partial charge < -0.3 is 20.5 Å². The molecule has 3 rings (SSSR count). The van der Waals surface area contributed by atoms with E-state index in [-0.39, 0.29) is 19.3 Å². The number of aliphatic hydroxyl groups excluding tert-OH is 1. The van der Waals surface area contributed by atoms with E-state index in [2.05, 4.69) is 31.2 Å². The minimum absolute atomic E-state index is 0.0500. The molecule has 1 heterocycles. The highest BCUT2D eigenvalue weighted by Crippen LogP contribution is 2.30. The third-order valence-corrected chi connectivity index (χ3v) is 6.43. The Labute approximate surface area is 199 Å². The fourth-order valence-corrected chi connectivity index (χ4v) is 4.17. The quantitative estimate of drug-likeness (QED) is 0.339. The summed E-state index contributed by atoms with van der Waals surface area (Å²) in [6.07, 6.45) is 0.939. The number of carbonyl (C=O) groups is 1. The van der Waals surface area contributed by atoms with Crippen LogP contribution in [0, 0.1) is 6.92 Å². The number of aromatic nitrogens is 2. The first-order valence-corrected chi connectivity index (χ1v) is 12.5. The maximum atomic E-state index is 12.7. The van der Waals surface area contributed by atoms with E-state index >= 15 is 0 Å². The van der Waals surface area contributed by atoms with E-state index in [9.17, 15) is 14.1 Å². The number of rotatable bonds is 9. The van der Waals surface area contributed by atoms with E-state index in [4.69, 9.17) is 4.74 Å². The summed E-state index contributed by atoms with van der Waals surface area (Å²) in [7, 11) is -3.05. The minimum Gasteiger partial charge on any atom is -0.449 e. The molecule has 0 aliphatic heterocycles. The molecule has 2 aromatic carbocycles. The van der Waals surface area contributed by atoms with Gasteiger partial charge in [0.15, 0.2) is 0 Å². The van der Waals surface area contributed by atoms with Crippen LogP contribution in [0.25, 0.3) is 11.1 Å². The number of nitrogens with zero attached hydrogens (tertiary/aromatic N) is 2. The topological polar surface area (TPSA) is 125 Å². The fraction of sp³-hybridized carbons (Fsp3) is 0.250. The van der Waals surface area contributed by atoms with Gasteiger partial charge in [-0.2, -0.15) is 4.98 Å². The van der Waals surface area contributed by atoms with E-state index in [0.717, 1.165) is 16.7 Å². The first-order valence-electron chi connectivity index (χ1n) is 10.7. The molecule has 0 aliphatic carbocycles. The van der Waals surface area contributed by atoms with Gasteiger partial charge >= 0.3 is 6.09 Å². The highest BCUT2D eigenvalue weighted by atomic mass is 32.2. The van der Waals surface area contributed by atoms with E-state index in [0.29, 0.717) is 22.3 Å². The molecule has 180 valence electrons. The second kappa shape index (κ2) is 11.0. The summed E-state index contributed by atoms with van der Waals surface area (Å²) in [5.41, 5.74) is 3.54. The monoisotopic (exact) mass is 483 g/mol. The van der Waals surface area contributed by atoms with Gasteiger partial charge in [-0.15, -0.1) is 0 Å². The number of anilines is 3. The molecule has 0 saturated carbocycles. The Bertz CT molecular complexity index is 1250. The van der Waals surface area contributed by atoms with Crippen LogP contribution in [0.2, 0.25) is 0 Å². The number of aliphatic hydroxyl groups is 1. The molecule has 0 bridgehead atoms. The molecule has 4 N–H and O–H groups in total. The molecule has 10 heteroatoms. The van der Waals surface area contributed by atoms with Crippen LogP contribution in [0.1, 0.15) is 19.4 Å². The number of ether oxygens (including phenoxy) is 1. The zero-order valence-electron chi connectivity index (χ0n) is 19.4. The lowest BCUT2D eigenvalue weighted by molar-refractivity contribution is 0.159. The molecule has 0 saturated heterocycles. The maximum absolute atomic E-state index is 12.7. The van der Waals surface area contributed by atoms with Crippen LogP contribution in [0.5, 0.6) is 0 Å². The summed E-state index contributed by atoms with van der Waals surface area (Å²) in [4.78, 5) is 21.0. The molecular formula is C24H29N5O4S. The summed E-state index contributed by atoms with van der Waals surface area (Å²) in [5.74, 6) is 4.54. The first kappa shape index (κ1) is 25.0. The van der Waals surface area contributed by atoms with Gasteiger partial charge in [0.2, 0.25) is 5.95 Å². The molecule has 1 amide bonds. The van der Waals surface area contributed by atoms with Crippen LogP contribution in [-0.2, 0) is 14.4 Å². The van der Waals surface area contributed by atoms with Crippen LogP contribution >= 0.6 is 0 Å². The van der Waals surface area contributed by atoms with Crippen LogP contribution in [0.15, 0.2) is 59.6 Å². The number of aryl methyl sites for hydroxylation is 1. The van der Waals surface area contributed by atoms with Crippen LogP contribution in [0.4, 0.5) is 22.2 Å². The zero-order chi connectivity index (χ0) is 24.7. The number of nitrogens with one attached hydrogen (secondary N) is 3. The van der Waals surface area contributed by atoms with Crippen molar-refractivity contribution in [1.82, 2.24) is 14.7 Å². The zero-order valence-corrected chi connectivity index (χ0v) is 20.2. The summed E-state index contributed by atoms with van der Waals surface area (Å²) in [6.45, 7) is 5.65. The molecule has 3 aromatic rings. The Morgan fingerprint density at radius 3 is 2.53 bits per heavy atom. The van der Waals surface area contributed by atoms with Crippen molar-refractivity contribution in [2.24, 2.45) is 0 Å². The van der Waals surface area contributed by atoms with E-state index in [1.165, 1.54) is 0 Å². The van der Waals surface area contributed by atoms with Crippen molar-refractivity contribution in [3.63, 3.8) is 0 Å². The van der Waals surface area contributed by atoms with Gasteiger partial charge in [-0.25, -0.2) is 18.7 Å². The number of hydrogen-bond acceptors (Lipinski definition) is 8. The Morgan fingerprint density at radius 1 is 1.18 bits per heavy atom. The van der Waals surface area contributed by atoms with Gasteiger partial charge in [-0.1, -0.05) is 24.3 Å². The minimum atomic E-state index is -3.05. The van der Waals surface area contributed by atoms with Crippen molar-refractivity contribution < 1.29 is 18.8 Å². The largest absolute Gasteiger partial charge is 0.449 e. The number of hydrogen-bond donors (Lipinski definition) is 4. The van der Waals surface area contributed by atoms with Crippen molar-refractivity contribution in [3.05, 3.63) is 60.3 Å². The molecule has 1 unspecified atom stereocenters. The van der Waals surface area contributed by atoms with Crippen molar-refractivity contribution in [2.45, 2.75) is 31.7 Å². The molecule has 2 atom stereocenters. The Hall–Kier alpha value is -3.63. The van der Waals surface area contributed by atoms with E-state index in [1.807, 2.05) is 38.1 Å². The van der Waals surface area contributed by atoms with Gasteiger partial charge in [0.05, 0.1) is 22.9 Å². The number of benzene rings is 2. The Balaban J connectivity index is 1.84. The van der Waals surface area contributed by atoms with E-state index in [1.54, 1.807) is 37.4 Å². The van der Waals surface area contributed by atoms with Crippen molar-refractivity contribution in [1.29, 1.82) is 0 Å². The predicted octanol–water partition coefficient (Wildman–Crippen LogP) is 3.72. The molecule has 34 heavy (non-hydrogen) atoms. The fourth-order valence-electron chi connectivity index (χ4n) is 3.14. The summed E-state index contributed by atoms with van der Waals surface area (Å²) in [6, 6.07) is 14.3. The van der Waals surface area contributed by atoms with Crippen LogP contribution in [0.3, 0.4) is 0 Å². The standard InChI is InChI=1S/C24H29N5O4S/c1-5-33-24(31)29-34(4,32)19-12-10-18(11-13-19)27-23-25-14-21(20-9-7-6-8-16(20)2)22(28-23)26-17(3)15-30/h6-14,17,30H,4-5,15H2,1-3H3,(H,29,31,32)(H2,25,26,27,28)/t17-,34?/m1/s1.